The minimum Gasteiger partial charge on any atom is -0.374 e. The van der Waals surface area contributed by atoms with E-state index in [0.29, 0.717) is 6.04 Å². The highest BCUT2D eigenvalue weighted by Gasteiger charge is 2.39. The van der Waals surface area contributed by atoms with E-state index in [1.165, 1.54) is 38.5 Å². The molecule has 19 heavy (non-hydrogen) atoms. The van der Waals surface area contributed by atoms with Crippen molar-refractivity contribution in [1.82, 2.24) is 5.32 Å². The Balaban J connectivity index is 2.67. The van der Waals surface area contributed by atoms with Gasteiger partial charge in [0, 0.05) is 19.1 Å². The molecular formula is C17H31NO. The van der Waals surface area contributed by atoms with E-state index in [0.717, 1.165) is 32.4 Å². The summed E-state index contributed by atoms with van der Waals surface area (Å²) >= 11 is 0. The molecule has 2 nitrogen and oxygen atoms in total. The Morgan fingerprint density at radius 2 is 2.00 bits per heavy atom. The lowest BCUT2D eigenvalue weighted by Gasteiger charge is -2.44. The molecule has 0 amide bonds. The summed E-state index contributed by atoms with van der Waals surface area (Å²) in [5, 5.41) is 3.73. The van der Waals surface area contributed by atoms with Crippen LogP contribution >= 0.6 is 0 Å². The van der Waals surface area contributed by atoms with Crippen molar-refractivity contribution in [2.45, 2.75) is 83.3 Å². The van der Waals surface area contributed by atoms with Crippen LogP contribution in [0.25, 0.3) is 0 Å². The minimum absolute atomic E-state index is 0.0662. The summed E-state index contributed by atoms with van der Waals surface area (Å²) in [5.74, 6) is 2.76. The second kappa shape index (κ2) is 9.39. The normalized spacial score (nSPS) is 19.8. The van der Waals surface area contributed by atoms with Gasteiger partial charge in [-0.15, -0.1) is 12.3 Å². The third-order valence-electron chi connectivity index (χ3n) is 4.22. The highest BCUT2D eigenvalue weighted by Crippen LogP contribution is 2.36. The molecule has 0 spiro atoms. The zero-order valence-electron chi connectivity index (χ0n) is 12.8. The maximum Gasteiger partial charge on any atom is 0.0834 e. The third-order valence-corrected chi connectivity index (χ3v) is 4.22. The van der Waals surface area contributed by atoms with Gasteiger partial charge in [-0.05, 0) is 45.6 Å². The van der Waals surface area contributed by atoms with Gasteiger partial charge in [0.05, 0.1) is 5.60 Å². The Morgan fingerprint density at radius 1 is 1.26 bits per heavy atom. The van der Waals surface area contributed by atoms with Gasteiger partial charge in [0.2, 0.25) is 0 Å². The molecule has 2 heteroatoms. The summed E-state index contributed by atoms with van der Waals surface area (Å²) in [6.45, 7) is 6.24. The third kappa shape index (κ3) is 5.16. The van der Waals surface area contributed by atoms with E-state index in [-0.39, 0.29) is 5.60 Å². The Hall–Kier alpha value is -0.520. The first-order valence-electron chi connectivity index (χ1n) is 8.10. The van der Waals surface area contributed by atoms with Crippen LogP contribution in [0.4, 0.5) is 0 Å². The topological polar surface area (TPSA) is 21.3 Å². The Bertz CT molecular complexity index is 257. The summed E-state index contributed by atoms with van der Waals surface area (Å²) in [6, 6.07) is 0.473. The SMILES string of the molecule is C#CCCCC(NCCC)C1(OCC)CCCCC1. The molecule has 1 rings (SSSR count). The van der Waals surface area contributed by atoms with E-state index in [4.69, 9.17) is 11.2 Å². The fourth-order valence-corrected chi connectivity index (χ4v) is 3.31. The minimum atomic E-state index is 0.0662. The molecule has 1 saturated carbocycles. The largest absolute Gasteiger partial charge is 0.374 e. The van der Waals surface area contributed by atoms with Crippen molar-refractivity contribution in [3.63, 3.8) is 0 Å². The van der Waals surface area contributed by atoms with Crippen molar-refractivity contribution in [1.29, 1.82) is 0 Å². The molecule has 0 aromatic rings. The van der Waals surface area contributed by atoms with Crippen LogP contribution in [0, 0.1) is 12.3 Å². The van der Waals surface area contributed by atoms with E-state index in [1.807, 2.05) is 0 Å². The highest BCUT2D eigenvalue weighted by molar-refractivity contribution is 4.96. The van der Waals surface area contributed by atoms with Crippen LogP contribution in [0.3, 0.4) is 0 Å². The molecule has 110 valence electrons. The van der Waals surface area contributed by atoms with Gasteiger partial charge in [-0.25, -0.2) is 0 Å². The van der Waals surface area contributed by atoms with Crippen LogP contribution in [0.2, 0.25) is 0 Å². The lowest BCUT2D eigenvalue weighted by atomic mass is 9.77. The molecule has 1 aliphatic rings. The number of ether oxygens (including phenoxy) is 1. The van der Waals surface area contributed by atoms with Gasteiger partial charge in [-0.3, -0.25) is 0 Å². The van der Waals surface area contributed by atoms with Gasteiger partial charge in [-0.2, -0.15) is 0 Å². The zero-order valence-corrected chi connectivity index (χ0v) is 12.8. The van der Waals surface area contributed by atoms with Crippen LogP contribution < -0.4 is 5.32 Å². The Labute approximate surface area is 119 Å². The Morgan fingerprint density at radius 3 is 2.58 bits per heavy atom. The van der Waals surface area contributed by atoms with E-state index in [2.05, 4.69) is 25.1 Å². The first kappa shape index (κ1) is 16.5. The van der Waals surface area contributed by atoms with Crippen LogP contribution in [0.15, 0.2) is 0 Å². The quantitative estimate of drug-likeness (QED) is 0.504. The predicted molar refractivity (Wildman–Crippen MR) is 82.2 cm³/mol. The molecule has 0 heterocycles. The van der Waals surface area contributed by atoms with Crippen LogP contribution in [-0.2, 0) is 4.74 Å². The number of hydrogen-bond acceptors (Lipinski definition) is 2. The van der Waals surface area contributed by atoms with Crippen LogP contribution in [0.1, 0.15) is 71.6 Å². The van der Waals surface area contributed by atoms with Crippen LogP contribution in [0.5, 0.6) is 0 Å². The number of unbranched alkanes of at least 4 members (excludes halogenated alkanes) is 1. The molecular weight excluding hydrogens is 234 g/mol. The molecule has 1 unspecified atom stereocenters. The lowest BCUT2D eigenvalue weighted by molar-refractivity contribution is -0.0916. The van der Waals surface area contributed by atoms with Gasteiger partial charge in [0.15, 0.2) is 0 Å². The number of rotatable bonds is 9. The predicted octanol–water partition coefficient (Wildman–Crippen LogP) is 3.90. The molecule has 0 bridgehead atoms. The first-order valence-corrected chi connectivity index (χ1v) is 8.10. The van der Waals surface area contributed by atoms with Gasteiger partial charge in [0.1, 0.15) is 0 Å². The molecule has 0 radical (unpaired) electrons. The molecule has 1 fully saturated rings. The van der Waals surface area contributed by atoms with Gasteiger partial charge in [0.25, 0.3) is 0 Å². The van der Waals surface area contributed by atoms with Gasteiger partial charge >= 0.3 is 0 Å². The number of nitrogens with one attached hydrogen (secondary N) is 1. The zero-order chi connectivity index (χ0) is 14.0. The second-order valence-electron chi connectivity index (χ2n) is 5.66. The second-order valence-corrected chi connectivity index (χ2v) is 5.66. The highest BCUT2D eigenvalue weighted by atomic mass is 16.5. The first-order chi connectivity index (χ1) is 9.29. The maximum absolute atomic E-state index is 6.25. The average Bonchev–Trinajstić information content (AvgIpc) is 2.44. The summed E-state index contributed by atoms with van der Waals surface area (Å²) in [7, 11) is 0. The van der Waals surface area contributed by atoms with Gasteiger partial charge < -0.3 is 10.1 Å². The maximum atomic E-state index is 6.25. The molecule has 0 saturated heterocycles. The number of terminal acetylenes is 1. The molecule has 0 aromatic carbocycles. The molecule has 0 aliphatic heterocycles. The molecule has 1 atom stereocenters. The fourth-order valence-electron chi connectivity index (χ4n) is 3.31. The molecule has 1 N–H and O–H groups in total. The molecule has 0 aromatic heterocycles. The Kier molecular flexibility index (Phi) is 8.18. The van der Waals surface area contributed by atoms with E-state index < -0.39 is 0 Å². The average molecular weight is 265 g/mol. The van der Waals surface area contributed by atoms with Crippen molar-refractivity contribution in [2.24, 2.45) is 0 Å². The summed E-state index contributed by atoms with van der Waals surface area (Å²) < 4.78 is 6.25. The van der Waals surface area contributed by atoms with Crippen molar-refractivity contribution in [2.75, 3.05) is 13.2 Å². The molecule has 1 aliphatic carbocycles. The van der Waals surface area contributed by atoms with E-state index in [9.17, 15) is 0 Å². The van der Waals surface area contributed by atoms with Crippen molar-refractivity contribution < 1.29 is 4.74 Å². The lowest BCUT2D eigenvalue weighted by Crippen LogP contribution is -2.54. The van der Waals surface area contributed by atoms with E-state index in [1.54, 1.807) is 0 Å². The number of hydrogen-bond donors (Lipinski definition) is 1. The monoisotopic (exact) mass is 265 g/mol. The van der Waals surface area contributed by atoms with Crippen molar-refractivity contribution in [3.05, 3.63) is 0 Å². The fraction of sp³-hybridized carbons (Fsp3) is 0.882. The summed E-state index contributed by atoms with van der Waals surface area (Å²) in [4.78, 5) is 0. The van der Waals surface area contributed by atoms with E-state index >= 15 is 0 Å². The van der Waals surface area contributed by atoms with Crippen molar-refractivity contribution in [3.8, 4) is 12.3 Å². The summed E-state index contributed by atoms with van der Waals surface area (Å²) in [5.41, 5.74) is 0.0662. The summed E-state index contributed by atoms with van der Waals surface area (Å²) in [6.07, 6.45) is 16.1. The standard InChI is InChI=1S/C17H31NO/c1-4-7-9-12-16(18-15-5-2)17(19-6-3)13-10-8-11-14-17/h1,16,18H,5-15H2,2-3H3. The smallest absolute Gasteiger partial charge is 0.0834 e. The van der Waals surface area contributed by atoms with Gasteiger partial charge in [-0.1, -0.05) is 26.2 Å². The van der Waals surface area contributed by atoms with Crippen molar-refractivity contribution >= 4 is 0 Å². The van der Waals surface area contributed by atoms with Crippen LogP contribution in [-0.4, -0.2) is 24.8 Å².